The summed E-state index contributed by atoms with van der Waals surface area (Å²) >= 11 is 3.18. The van der Waals surface area contributed by atoms with Crippen molar-refractivity contribution in [3.63, 3.8) is 0 Å². The molecule has 1 aromatic carbocycles. The molecule has 5 nitrogen and oxygen atoms in total. The Kier molecular flexibility index (Phi) is 5.29. The molecular formula is C13H15BrClNO4S. The van der Waals surface area contributed by atoms with E-state index in [1.54, 1.807) is 6.07 Å². The number of hydrogen-bond donors (Lipinski definition) is 1. The van der Waals surface area contributed by atoms with Crippen LogP contribution in [0.5, 0.6) is 0 Å². The minimum absolute atomic E-state index is 0.0593. The molecule has 1 aliphatic rings. The van der Waals surface area contributed by atoms with Crippen molar-refractivity contribution in [2.75, 3.05) is 6.61 Å². The minimum atomic E-state index is -3.88. The molecule has 0 aliphatic heterocycles. The van der Waals surface area contributed by atoms with Crippen molar-refractivity contribution in [2.24, 2.45) is 0 Å². The Balaban J connectivity index is 2.05. The van der Waals surface area contributed by atoms with E-state index < -0.39 is 9.05 Å². The summed E-state index contributed by atoms with van der Waals surface area (Å²) in [6.45, 7) is 2.59. The predicted octanol–water partition coefficient (Wildman–Crippen LogP) is 2.67. The lowest BCUT2D eigenvalue weighted by atomic mass is 9.89. The first kappa shape index (κ1) is 16.7. The highest BCUT2D eigenvalue weighted by Gasteiger charge is 2.31. The maximum absolute atomic E-state index is 12.1. The van der Waals surface area contributed by atoms with Gasteiger partial charge in [0.25, 0.3) is 15.0 Å². The molecule has 1 aliphatic carbocycles. The topological polar surface area (TPSA) is 72.5 Å². The van der Waals surface area contributed by atoms with Gasteiger partial charge in [0.15, 0.2) is 0 Å². The smallest absolute Gasteiger partial charge is 0.261 e. The molecule has 116 valence electrons. The molecule has 8 heteroatoms. The van der Waals surface area contributed by atoms with Crippen molar-refractivity contribution >= 4 is 41.6 Å². The fourth-order valence-electron chi connectivity index (χ4n) is 2.16. The van der Waals surface area contributed by atoms with Gasteiger partial charge in [-0.1, -0.05) is 15.9 Å². The minimum Gasteiger partial charge on any atom is -0.378 e. The Morgan fingerprint density at radius 2 is 2.10 bits per heavy atom. The maximum Gasteiger partial charge on any atom is 0.261 e. The van der Waals surface area contributed by atoms with Gasteiger partial charge in [0.2, 0.25) is 0 Å². The van der Waals surface area contributed by atoms with E-state index in [0.717, 1.165) is 12.8 Å². The fraction of sp³-hybridized carbons (Fsp3) is 0.462. The molecule has 0 spiro atoms. The number of carbonyl (C=O) groups is 1. The van der Waals surface area contributed by atoms with Gasteiger partial charge in [-0.3, -0.25) is 4.79 Å². The zero-order valence-corrected chi connectivity index (χ0v) is 14.5. The van der Waals surface area contributed by atoms with E-state index in [-0.39, 0.29) is 28.5 Å². The van der Waals surface area contributed by atoms with Gasteiger partial charge in [-0.2, -0.15) is 0 Å². The second kappa shape index (κ2) is 6.64. The molecule has 0 heterocycles. The van der Waals surface area contributed by atoms with Crippen molar-refractivity contribution in [1.82, 2.24) is 5.32 Å². The standard InChI is InChI=1S/C13H15BrClNO4S/c1-2-20-11-6-10(7-11)16-13(17)8-3-9(14)5-12(4-8)21(15,18)19/h3-5,10-11H,2,6-7H2,1H3,(H,16,17). The van der Waals surface area contributed by atoms with Crippen molar-refractivity contribution in [2.45, 2.75) is 36.8 Å². The van der Waals surface area contributed by atoms with Crippen LogP contribution in [0.3, 0.4) is 0 Å². The number of benzene rings is 1. The van der Waals surface area contributed by atoms with Crippen molar-refractivity contribution in [3.05, 3.63) is 28.2 Å². The summed E-state index contributed by atoms with van der Waals surface area (Å²) in [5.41, 5.74) is 0.253. The molecular weight excluding hydrogens is 382 g/mol. The van der Waals surface area contributed by atoms with Crippen LogP contribution in [0.1, 0.15) is 30.1 Å². The molecule has 0 aromatic heterocycles. The van der Waals surface area contributed by atoms with Gasteiger partial charge in [0.05, 0.1) is 11.0 Å². The van der Waals surface area contributed by atoms with E-state index in [9.17, 15) is 13.2 Å². The average molecular weight is 397 g/mol. The van der Waals surface area contributed by atoms with Gasteiger partial charge in [-0.05, 0) is 38.0 Å². The molecule has 0 unspecified atom stereocenters. The number of nitrogens with one attached hydrogen (secondary N) is 1. The molecule has 1 amide bonds. The zero-order valence-electron chi connectivity index (χ0n) is 11.3. The number of halogens is 2. The van der Waals surface area contributed by atoms with Crippen LogP contribution in [-0.2, 0) is 13.8 Å². The molecule has 1 N–H and O–H groups in total. The van der Waals surface area contributed by atoms with Crippen LogP contribution >= 0.6 is 26.6 Å². The van der Waals surface area contributed by atoms with Crippen LogP contribution in [0.15, 0.2) is 27.6 Å². The number of ether oxygens (including phenoxy) is 1. The third-order valence-corrected chi connectivity index (χ3v) is 5.04. The second-order valence-corrected chi connectivity index (χ2v) is 8.31. The van der Waals surface area contributed by atoms with Crippen molar-refractivity contribution < 1.29 is 17.9 Å². The lowest BCUT2D eigenvalue weighted by Crippen LogP contribution is -2.47. The van der Waals surface area contributed by atoms with Gasteiger partial charge in [-0.15, -0.1) is 0 Å². The molecule has 0 saturated heterocycles. The van der Waals surface area contributed by atoms with Gasteiger partial charge in [-0.25, -0.2) is 8.42 Å². The monoisotopic (exact) mass is 395 g/mol. The molecule has 21 heavy (non-hydrogen) atoms. The normalized spacial score (nSPS) is 21.7. The summed E-state index contributed by atoms with van der Waals surface area (Å²) in [4.78, 5) is 12.0. The molecule has 1 fully saturated rings. The molecule has 0 bridgehead atoms. The van der Waals surface area contributed by atoms with E-state index >= 15 is 0 Å². The van der Waals surface area contributed by atoms with Crippen LogP contribution in [0, 0.1) is 0 Å². The summed E-state index contributed by atoms with van der Waals surface area (Å²) in [6.07, 6.45) is 1.74. The maximum atomic E-state index is 12.1. The highest BCUT2D eigenvalue weighted by molar-refractivity contribution is 9.10. The third-order valence-electron chi connectivity index (χ3n) is 3.25. The lowest BCUT2D eigenvalue weighted by Gasteiger charge is -2.35. The first-order valence-electron chi connectivity index (χ1n) is 6.47. The van der Waals surface area contributed by atoms with Gasteiger partial charge in [0.1, 0.15) is 0 Å². The Labute approximate surface area is 136 Å². The second-order valence-electron chi connectivity index (χ2n) is 4.83. The van der Waals surface area contributed by atoms with E-state index in [1.807, 2.05) is 6.92 Å². The summed E-state index contributed by atoms with van der Waals surface area (Å²) in [5, 5.41) is 2.85. The Hall–Kier alpha value is -0.630. The van der Waals surface area contributed by atoms with E-state index in [0.29, 0.717) is 11.1 Å². The summed E-state index contributed by atoms with van der Waals surface area (Å²) in [6, 6.07) is 4.23. The Morgan fingerprint density at radius 3 is 2.67 bits per heavy atom. The van der Waals surface area contributed by atoms with Crippen LogP contribution < -0.4 is 5.32 Å². The lowest BCUT2D eigenvalue weighted by molar-refractivity contribution is -0.00862. The molecule has 1 aromatic rings. The average Bonchev–Trinajstić information content (AvgIpc) is 2.34. The Bertz CT molecular complexity index is 644. The highest BCUT2D eigenvalue weighted by Crippen LogP contribution is 2.25. The van der Waals surface area contributed by atoms with Crippen LogP contribution in [0.25, 0.3) is 0 Å². The Morgan fingerprint density at radius 1 is 1.43 bits per heavy atom. The number of amides is 1. The van der Waals surface area contributed by atoms with Gasteiger partial charge >= 0.3 is 0 Å². The van der Waals surface area contributed by atoms with Crippen LogP contribution in [0.4, 0.5) is 0 Å². The molecule has 2 rings (SSSR count). The molecule has 0 radical (unpaired) electrons. The first-order chi connectivity index (χ1) is 9.79. The third kappa shape index (κ3) is 4.42. The van der Waals surface area contributed by atoms with Crippen LogP contribution in [0.2, 0.25) is 0 Å². The first-order valence-corrected chi connectivity index (χ1v) is 9.57. The quantitative estimate of drug-likeness (QED) is 0.777. The number of hydrogen-bond acceptors (Lipinski definition) is 4. The number of carbonyl (C=O) groups excluding carboxylic acids is 1. The summed E-state index contributed by atoms with van der Waals surface area (Å²) in [7, 11) is 1.43. The number of rotatable bonds is 5. The van der Waals surface area contributed by atoms with Crippen LogP contribution in [-0.4, -0.2) is 33.1 Å². The summed E-state index contributed by atoms with van der Waals surface area (Å²) < 4.78 is 28.6. The predicted molar refractivity (Wildman–Crippen MR) is 83.1 cm³/mol. The fourth-order valence-corrected chi connectivity index (χ4v) is 3.61. The van der Waals surface area contributed by atoms with E-state index in [2.05, 4.69) is 21.2 Å². The largest absolute Gasteiger partial charge is 0.378 e. The summed E-state index contributed by atoms with van der Waals surface area (Å²) in [5.74, 6) is -0.321. The van der Waals surface area contributed by atoms with E-state index in [4.69, 9.17) is 15.4 Å². The van der Waals surface area contributed by atoms with Gasteiger partial charge < -0.3 is 10.1 Å². The van der Waals surface area contributed by atoms with Gasteiger partial charge in [0, 0.05) is 33.4 Å². The highest BCUT2D eigenvalue weighted by atomic mass is 79.9. The van der Waals surface area contributed by atoms with Crippen molar-refractivity contribution in [1.29, 1.82) is 0 Å². The zero-order chi connectivity index (χ0) is 15.6. The van der Waals surface area contributed by atoms with E-state index in [1.165, 1.54) is 12.1 Å². The molecule has 1 saturated carbocycles. The molecule has 0 atom stereocenters. The van der Waals surface area contributed by atoms with Crippen molar-refractivity contribution in [3.8, 4) is 0 Å². The SMILES string of the molecule is CCOC1CC(NC(=O)c2cc(Br)cc(S(=O)(=O)Cl)c2)C1.